The Morgan fingerprint density at radius 1 is 0.964 bits per heavy atom. The molecular weight excluding hydrogens is 378 g/mol. The molecule has 3 aliphatic rings. The highest BCUT2D eigenvalue weighted by Gasteiger charge is 2.45. The summed E-state index contributed by atoms with van der Waals surface area (Å²) in [7, 11) is -3.41. The molecule has 8 heteroatoms. The lowest BCUT2D eigenvalue weighted by molar-refractivity contribution is -0.139. The molecule has 2 heterocycles. The summed E-state index contributed by atoms with van der Waals surface area (Å²) in [6.45, 7) is 0.677. The van der Waals surface area contributed by atoms with Crippen molar-refractivity contribution in [3.05, 3.63) is 35.9 Å². The summed E-state index contributed by atoms with van der Waals surface area (Å²) in [5.41, 5.74) is 0.763. The van der Waals surface area contributed by atoms with E-state index in [0.717, 1.165) is 31.2 Å². The van der Waals surface area contributed by atoms with E-state index >= 15 is 0 Å². The molecule has 2 saturated heterocycles. The van der Waals surface area contributed by atoms with Crippen LogP contribution in [0.25, 0.3) is 0 Å². The first-order valence-corrected chi connectivity index (χ1v) is 11.7. The van der Waals surface area contributed by atoms with Gasteiger partial charge in [0.25, 0.3) is 0 Å². The molecule has 0 aromatic heterocycles. The molecule has 0 radical (unpaired) electrons. The molecule has 1 aromatic rings. The minimum absolute atomic E-state index is 0.0224. The van der Waals surface area contributed by atoms with Crippen molar-refractivity contribution in [3.8, 4) is 0 Å². The van der Waals surface area contributed by atoms with Gasteiger partial charge in [-0.25, -0.2) is 17.5 Å². The molecule has 1 N–H and O–H groups in total. The molecule has 152 valence electrons. The number of sulfonamides is 1. The fourth-order valence-corrected chi connectivity index (χ4v) is 6.27. The van der Waals surface area contributed by atoms with Gasteiger partial charge < -0.3 is 5.32 Å². The number of benzene rings is 1. The van der Waals surface area contributed by atoms with Crippen molar-refractivity contribution in [3.63, 3.8) is 0 Å². The number of hydrogen-bond donors (Lipinski definition) is 1. The SMILES string of the molecule is O=C1NC2CCCCC2C(=O)N1C1CCN(S(=O)(=O)Cc2ccccc2)CC1. The Labute approximate surface area is 166 Å². The van der Waals surface area contributed by atoms with Gasteiger partial charge in [0, 0.05) is 25.2 Å². The van der Waals surface area contributed by atoms with Crippen molar-refractivity contribution < 1.29 is 18.0 Å². The normalized spacial score (nSPS) is 27.4. The predicted octanol–water partition coefficient (Wildman–Crippen LogP) is 2.09. The quantitative estimate of drug-likeness (QED) is 0.831. The molecule has 2 unspecified atom stereocenters. The number of carbonyl (C=O) groups excluding carboxylic acids is 2. The number of nitrogens with one attached hydrogen (secondary N) is 1. The lowest BCUT2D eigenvalue weighted by Gasteiger charge is -2.44. The van der Waals surface area contributed by atoms with E-state index in [4.69, 9.17) is 0 Å². The van der Waals surface area contributed by atoms with E-state index in [1.807, 2.05) is 30.3 Å². The topological polar surface area (TPSA) is 86.8 Å². The van der Waals surface area contributed by atoms with Crippen LogP contribution in [0.4, 0.5) is 4.79 Å². The van der Waals surface area contributed by atoms with Crippen LogP contribution >= 0.6 is 0 Å². The molecule has 1 aliphatic carbocycles. The third-order valence-electron chi connectivity index (χ3n) is 6.22. The summed E-state index contributed by atoms with van der Waals surface area (Å²) in [6.07, 6.45) is 4.74. The van der Waals surface area contributed by atoms with Crippen molar-refractivity contribution in [1.29, 1.82) is 0 Å². The van der Waals surface area contributed by atoms with Gasteiger partial charge in [-0.2, -0.15) is 0 Å². The highest BCUT2D eigenvalue weighted by molar-refractivity contribution is 7.88. The highest BCUT2D eigenvalue weighted by Crippen LogP contribution is 2.32. The van der Waals surface area contributed by atoms with Crippen molar-refractivity contribution in [2.45, 2.75) is 56.4 Å². The summed E-state index contributed by atoms with van der Waals surface area (Å²) >= 11 is 0. The average Bonchev–Trinajstić information content (AvgIpc) is 2.69. The van der Waals surface area contributed by atoms with E-state index in [9.17, 15) is 18.0 Å². The van der Waals surface area contributed by atoms with Crippen LogP contribution in [-0.2, 0) is 20.6 Å². The molecule has 3 amide bonds. The van der Waals surface area contributed by atoms with E-state index in [2.05, 4.69) is 5.32 Å². The summed E-state index contributed by atoms with van der Waals surface area (Å²) in [6, 6.07) is 8.57. The molecule has 2 atom stereocenters. The molecule has 1 aromatic carbocycles. The lowest BCUT2D eigenvalue weighted by atomic mass is 9.81. The minimum Gasteiger partial charge on any atom is -0.334 e. The Bertz CT molecular complexity index is 834. The number of piperidine rings is 1. The average molecular weight is 406 g/mol. The van der Waals surface area contributed by atoms with Crippen molar-refractivity contribution in [1.82, 2.24) is 14.5 Å². The zero-order valence-electron chi connectivity index (χ0n) is 15.9. The van der Waals surface area contributed by atoms with Crippen LogP contribution in [-0.4, -0.2) is 54.7 Å². The molecule has 28 heavy (non-hydrogen) atoms. The van der Waals surface area contributed by atoms with Crippen LogP contribution in [0.15, 0.2) is 30.3 Å². The smallest absolute Gasteiger partial charge is 0.324 e. The molecule has 2 aliphatic heterocycles. The third-order valence-corrected chi connectivity index (χ3v) is 8.07. The van der Waals surface area contributed by atoms with Crippen LogP contribution in [0.5, 0.6) is 0 Å². The fourth-order valence-electron chi connectivity index (χ4n) is 4.71. The summed E-state index contributed by atoms with van der Waals surface area (Å²) in [5, 5.41) is 3.00. The lowest BCUT2D eigenvalue weighted by Crippen LogP contribution is -2.64. The van der Waals surface area contributed by atoms with Gasteiger partial charge >= 0.3 is 6.03 Å². The molecule has 3 fully saturated rings. The number of nitrogens with zero attached hydrogens (tertiary/aromatic N) is 2. The summed E-state index contributed by atoms with van der Waals surface area (Å²) < 4.78 is 26.9. The number of carbonyl (C=O) groups is 2. The Hall–Kier alpha value is -1.93. The Kier molecular flexibility index (Phi) is 5.42. The first kappa shape index (κ1) is 19.4. The molecule has 7 nitrogen and oxygen atoms in total. The maximum absolute atomic E-state index is 12.9. The van der Waals surface area contributed by atoms with E-state index < -0.39 is 10.0 Å². The monoisotopic (exact) mass is 405 g/mol. The molecule has 1 saturated carbocycles. The standard InChI is InChI=1S/C20H27N3O4S/c24-19-17-8-4-5-9-18(17)21-20(25)23(19)16-10-12-22(13-11-16)28(26,27)14-15-6-2-1-3-7-15/h1-3,6-7,16-18H,4-5,8-14H2,(H,21,25). The predicted molar refractivity (Wildman–Crippen MR) is 105 cm³/mol. The number of imide groups is 1. The van der Waals surface area contributed by atoms with Crippen LogP contribution < -0.4 is 5.32 Å². The second-order valence-electron chi connectivity index (χ2n) is 8.03. The van der Waals surface area contributed by atoms with E-state index in [0.29, 0.717) is 25.9 Å². The van der Waals surface area contributed by atoms with Crippen LogP contribution in [0.1, 0.15) is 44.1 Å². The van der Waals surface area contributed by atoms with Gasteiger partial charge in [0.15, 0.2) is 0 Å². The van der Waals surface area contributed by atoms with Crippen LogP contribution in [0.3, 0.4) is 0 Å². The Morgan fingerprint density at radius 3 is 2.36 bits per heavy atom. The number of amides is 3. The van der Waals surface area contributed by atoms with Gasteiger partial charge in [-0.3, -0.25) is 9.69 Å². The molecular formula is C20H27N3O4S. The zero-order chi connectivity index (χ0) is 19.7. The number of urea groups is 1. The van der Waals surface area contributed by atoms with Crippen molar-refractivity contribution in [2.24, 2.45) is 5.92 Å². The first-order valence-electron chi connectivity index (χ1n) is 10.1. The van der Waals surface area contributed by atoms with Gasteiger partial charge in [-0.1, -0.05) is 43.2 Å². The maximum Gasteiger partial charge on any atom is 0.324 e. The van der Waals surface area contributed by atoms with Gasteiger partial charge in [0.05, 0.1) is 11.7 Å². The zero-order valence-corrected chi connectivity index (χ0v) is 16.7. The van der Waals surface area contributed by atoms with Gasteiger partial charge in [0.1, 0.15) is 0 Å². The van der Waals surface area contributed by atoms with Crippen LogP contribution in [0, 0.1) is 5.92 Å². The molecule has 0 bridgehead atoms. The third kappa shape index (κ3) is 3.80. The molecule has 0 spiro atoms. The summed E-state index contributed by atoms with van der Waals surface area (Å²) in [5.74, 6) is -0.212. The van der Waals surface area contributed by atoms with Gasteiger partial charge in [-0.05, 0) is 31.2 Å². The minimum atomic E-state index is -3.41. The van der Waals surface area contributed by atoms with E-state index in [1.165, 1.54) is 9.21 Å². The molecule has 4 rings (SSSR count). The number of fused-ring (bicyclic) bond motifs is 1. The number of rotatable bonds is 4. The highest BCUT2D eigenvalue weighted by atomic mass is 32.2. The van der Waals surface area contributed by atoms with Crippen LogP contribution in [0.2, 0.25) is 0 Å². The largest absolute Gasteiger partial charge is 0.334 e. The Morgan fingerprint density at radius 2 is 1.64 bits per heavy atom. The first-order chi connectivity index (χ1) is 13.5. The van der Waals surface area contributed by atoms with Crippen molar-refractivity contribution in [2.75, 3.05) is 13.1 Å². The van der Waals surface area contributed by atoms with Gasteiger partial charge in [0.2, 0.25) is 15.9 Å². The van der Waals surface area contributed by atoms with Crippen molar-refractivity contribution >= 4 is 22.0 Å². The second kappa shape index (κ2) is 7.83. The Balaban J connectivity index is 1.39. The summed E-state index contributed by atoms with van der Waals surface area (Å²) in [4.78, 5) is 26.8. The maximum atomic E-state index is 12.9. The van der Waals surface area contributed by atoms with Gasteiger partial charge in [-0.15, -0.1) is 0 Å². The van der Waals surface area contributed by atoms with E-state index in [-0.39, 0.29) is 35.7 Å². The number of hydrogen-bond acceptors (Lipinski definition) is 4. The second-order valence-corrected chi connectivity index (χ2v) is 10.00. The van der Waals surface area contributed by atoms with E-state index in [1.54, 1.807) is 0 Å². The fraction of sp³-hybridized carbons (Fsp3) is 0.600.